The van der Waals surface area contributed by atoms with Crippen LogP contribution in [0, 0.1) is 0 Å². The summed E-state index contributed by atoms with van der Waals surface area (Å²) in [5.41, 5.74) is 2.18. The van der Waals surface area contributed by atoms with Crippen molar-refractivity contribution < 1.29 is 8.78 Å². The molecule has 0 saturated heterocycles. The van der Waals surface area contributed by atoms with Crippen LogP contribution in [0.5, 0.6) is 0 Å². The molecule has 1 nitrogen and oxygen atoms in total. The summed E-state index contributed by atoms with van der Waals surface area (Å²) in [6.07, 6.45) is -0.263. The van der Waals surface area contributed by atoms with Gasteiger partial charge in [-0.05, 0) is 24.5 Å². The lowest BCUT2D eigenvalue weighted by Gasteiger charge is -2.30. The van der Waals surface area contributed by atoms with E-state index in [-0.39, 0.29) is 6.54 Å². The van der Waals surface area contributed by atoms with E-state index in [0.29, 0.717) is 0 Å². The molecule has 0 aromatic heterocycles. The van der Waals surface area contributed by atoms with Crippen molar-refractivity contribution in [1.29, 1.82) is 0 Å². The highest BCUT2D eigenvalue weighted by Crippen LogP contribution is 2.26. The van der Waals surface area contributed by atoms with E-state index in [9.17, 15) is 8.78 Å². The second-order valence-electron chi connectivity index (χ2n) is 3.57. The highest BCUT2D eigenvalue weighted by atomic mass is 19.3. The summed E-state index contributed by atoms with van der Waals surface area (Å²) >= 11 is 0. The van der Waals surface area contributed by atoms with Crippen molar-refractivity contribution in [1.82, 2.24) is 0 Å². The first-order valence-electron chi connectivity index (χ1n) is 4.88. The molecule has 1 heterocycles. The van der Waals surface area contributed by atoms with E-state index in [2.05, 4.69) is 0 Å². The van der Waals surface area contributed by atoms with Gasteiger partial charge in [0, 0.05) is 12.2 Å². The maximum atomic E-state index is 12.3. The van der Waals surface area contributed by atoms with Crippen LogP contribution >= 0.6 is 0 Å². The molecule has 14 heavy (non-hydrogen) atoms. The highest BCUT2D eigenvalue weighted by molar-refractivity contribution is 5.55. The fourth-order valence-corrected chi connectivity index (χ4v) is 1.97. The number of aryl methyl sites for hydroxylation is 1. The summed E-state index contributed by atoms with van der Waals surface area (Å²) in [7, 11) is 0. The number of para-hydroxylation sites is 1. The molecule has 0 radical (unpaired) electrons. The van der Waals surface area contributed by atoms with Crippen molar-refractivity contribution in [2.45, 2.75) is 19.3 Å². The molecule has 1 aromatic rings. The third-order valence-electron chi connectivity index (χ3n) is 2.56. The van der Waals surface area contributed by atoms with Crippen molar-refractivity contribution in [3.05, 3.63) is 29.8 Å². The fourth-order valence-electron chi connectivity index (χ4n) is 1.97. The van der Waals surface area contributed by atoms with Crippen molar-refractivity contribution in [2.75, 3.05) is 18.0 Å². The normalized spacial score (nSPS) is 15.8. The molecule has 0 N–H and O–H groups in total. The molecule has 1 aliphatic heterocycles. The Morgan fingerprint density at radius 1 is 1.29 bits per heavy atom. The van der Waals surface area contributed by atoms with Gasteiger partial charge in [0.2, 0.25) is 0 Å². The number of benzene rings is 1. The van der Waals surface area contributed by atoms with Crippen LogP contribution < -0.4 is 4.90 Å². The van der Waals surface area contributed by atoms with Crippen molar-refractivity contribution in [3.63, 3.8) is 0 Å². The van der Waals surface area contributed by atoms with Gasteiger partial charge in [-0.2, -0.15) is 0 Å². The van der Waals surface area contributed by atoms with E-state index in [4.69, 9.17) is 0 Å². The first-order chi connectivity index (χ1) is 6.77. The van der Waals surface area contributed by atoms with Gasteiger partial charge >= 0.3 is 0 Å². The molecule has 0 atom stereocenters. The quantitative estimate of drug-likeness (QED) is 0.704. The van der Waals surface area contributed by atoms with Gasteiger partial charge in [0.05, 0.1) is 6.54 Å². The van der Waals surface area contributed by atoms with Crippen LogP contribution in [0.2, 0.25) is 0 Å². The molecule has 0 bridgehead atoms. The average Bonchev–Trinajstić information content (AvgIpc) is 2.18. The maximum Gasteiger partial charge on any atom is 0.255 e. The third-order valence-corrected chi connectivity index (χ3v) is 2.56. The predicted octanol–water partition coefficient (Wildman–Crippen LogP) is 2.70. The molecule has 0 spiro atoms. The van der Waals surface area contributed by atoms with Gasteiger partial charge in [0.15, 0.2) is 0 Å². The second-order valence-corrected chi connectivity index (χ2v) is 3.57. The minimum atomic E-state index is -2.25. The number of nitrogens with zero attached hydrogens (tertiary/aromatic N) is 1. The Morgan fingerprint density at radius 2 is 2.07 bits per heavy atom. The minimum Gasteiger partial charge on any atom is -0.366 e. The molecular formula is C11H13F2N. The zero-order valence-corrected chi connectivity index (χ0v) is 7.92. The van der Waals surface area contributed by atoms with E-state index in [1.807, 2.05) is 24.3 Å². The van der Waals surface area contributed by atoms with Crippen LogP contribution in [-0.4, -0.2) is 19.5 Å². The van der Waals surface area contributed by atoms with Crippen LogP contribution in [0.3, 0.4) is 0 Å². The second kappa shape index (κ2) is 3.95. The molecule has 0 saturated carbocycles. The van der Waals surface area contributed by atoms with Crippen molar-refractivity contribution >= 4 is 5.69 Å². The minimum absolute atomic E-state index is 0.142. The Bertz CT molecular complexity index is 312. The Morgan fingerprint density at radius 3 is 2.86 bits per heavy atom. The largest absolute Gasteiger partial charge is 0.366 e. The zero-order chi connectivity index (χ0) is 9.97. The first-order valence-corrected chi connectivity index (χ1v) is 4.88. The fraction of sp³-hybridized carbons (Fsp3) is 0.455. The third kappa shape index (κ3) is 1.86. The van der Waals surface area contributed by atoms with Gasteiger partial charge in [-0.1, -0.05) is 18.2 Å². The molecule has 0 amide bonds. The van der Waals surface area contributed by atoms with E-state index >= 15 is 0 Å². The number of fused-ring (bicyclic) bond motifs is 1. The number of halogens is 2. The average molecular weight is 197 g/mol. The number of hydrogen-bond donors (Lipinski definition) is 0. The van der Waals surface area contributed by atoms with Gasteiger partial charge < -0.3 is 4.90 Å². The smallest absolute Gasteiger partial charge is 0.255 e. The van der Waals surface area contributed by atoms with Gasteiger partial charge in [-0.25, -0.2) is 8.78 Å². The van der Waals surface area contributed by atoms with Gasteiger partial charge in [-0.3, -0.25) is 0 Å². The van der Waals surface area contributed by atoms with Crippen LogP contribution in [-0.2, 0) is 6.42 Å². The zero-order valence-electron chi connectivity index (χ0n) is 7.92. The molecular weight excluding hydrogens is 184 g/mol. The summed E-state index contributed by atoms with van der Waals surface area (Å²) < 4.78 is 24.5. The van der Waals surface area contributed by atoms with Crippen molar-refractivity contribution in [3.8, 4) is 0 Å². The molecule has 0 fully saturated rings. The molecule has 1 aromatic carbocycles. The van der Waals surface area contributed by atoms with Crippen LogP contribution in [0.1, 0.15) is 12.0 Å². The number of alkyl halides is 2. The number of anilines is 1. The lowest BCUT2D eigenvalue weighted by Crippen LogP contribution is -2.33. The molecule has 1 aliphatic rings. The molecule has 76 valence electrons. The SMILES string of the molecule is FC(F)CN1CCCc2ccccc21. The summed E-state index contributed by atoms with van der Waals surface area (Å²) in [6, 6.07) is 7.82. The summed E-state index contributed by atoms with van der Waals surface area (Å²) in [4.78, 5) is 1.78. The van der Waals surface area contributed by atoms with Gasteiger partial charge in [0.1, 0.15) is 0 Å². The summed E-state index contributed by atoms with van der Waals surface area (Å²) in [5, 5.41) is 0. The van der Waals surface area contributed by atoms with E-state index < -0.39 is 6.43 Å². The lowest BCUT2D eigenvalue weighted by atomic mass is 10.0. The summed E-state index contributed by atoms with van der Waals surface area (Å²) in [6.45, 7) is 0.609. The Kier molecular flexibility index (Phi) is 2.66. The van der Waals surface area contributed by atoms with Crippen LogP contribution in [0.4, 0.5) is 14.5 Å². The Hall–Kier alpha value is -1.12. The van der Waals surface area contributed by atoms with E-state index in [0.717, 1.165) is 25.1 Å². The van der Waals surface area contributed by atoms with E-state index in [1.165, 1.54) is 5.56 Å². The standard InChI is InChI=1S/C11H13F2N/c12-11(13)8-14-7-3-5-9-4-1-2-6-10(9)14/h1-2,4,6,11H,3,5,7-8H2. The van der Waals surface area contributed by atoms with Gasteiger partial charge in [0.25, 0.3) is 6.43 Å². The lowest BCUT2D eigenvalue weighted by molar-refractivity contribution is 0.154. The van der Waals surface area contributed by atoms with Crippen LogP contribution in [0.25, 0.3) is 0 Å². The Balaban J connectivity index is 2.22. The van der Waals surface area contributed by atoms with E-state index in [1.54, 1.807) is 4.90 Å². The topological polar surface area (TPSA) is 3.24 Å². The number of hydrogen-bond acceptors (Lipinski definition) is 1. The molecule has 0 unspecified atom stereocenters. The van der Waals surface area contributed by atoms with Crippen molar-refractivity contribution in [2.24, 2.45) is 0 Å². The first kappa shape index (κ1) is 9.44. The van der Waals surface area contributed by atoms with Gasteiger partial charge in [-0.15, -0.1) is 0 Å². The van der Waals surface area contributed by atoms with Crippen LogP contribution in [0.15, 0.2) is 24.3 Å². The monoisotopic (exact) mass is 197 g/mol. The predicted molar refractivity (Wildman–Crippen MR) is 53.0 cm³/mol. The molecule has 0 aliphatic carbocycles. The molecule has 2 rings (SSSR count). The maximum absolute atomic E-state index is 12.3. The highest BCUT2D eigenvalue weighted by Gasteiger charge is 2.18. The molecule has 3 heteroatoms. The number of rotatable bonds is 2. The Labute approximate surface area is 82.3 Å². The summed E-state index contributed by atoms with van der Waals surface area (Å²) in [5.74, 6) is 0.